The lowest BCUT2D eigenvalue weighted by Gasteiger charge is -2.31. The van der Waals surface area contributed by atoms with Gasteiger partial charge in [0.15, 0.2) is 0 Å². The minimum atomic E-state index is -0.625. The minimum Gasteiger partial charge on any atom is -0.352 e. The zero-order valence-electron chi connectivity index (χ0n) is 19.0. The van der Waals surface area contributed by atoms with Crippen LogP contribution >= 0.6 is 46.6 Å². The summed E-state index contributed by atoms with van der Waals surface area (Å²) in [5, 5.41) is 4.25. The number of benzene rings is 2. The number of thioether (sulfide) groups is 1. The van der Waals surface area contributed by atoms with Crippen molar-refractivity contribution in [3.05, 3.63) is 68.4 Å². The van der Waals surface area contributed by atoms with Gasteiger partial charge in [-0.05, 0) is 49.1 Å². The van der Waals surface area contributed by atoms with Gasteiger partial charge in [-0.15, -0.1) is 11.8 Å². The first-order valence-electron chi connectivity index (χ1n) is 11.3. The summed E-state index contributed by atoms with van der Waals surface area (Å²) in [6, 6.07) is 9.22. The molecule has 0 spiro atoms. The first-order chi connectivity index (χ1) is 16.3. The lowest BCUT2D eigenvalue weighted by atomic mass is 10.1. The second-order valence-corrected chi connectivity index (χ2v) is 10.6. The number of rotatable bonds is 10. The van der Waals surface area contributed by atoms with E-state index in [4.69, 9.17) is 34.8 Å². The zero-order valence-corrected chi connectivity index (χ0v) is 22.0. The van der Waals surface area contributed by atoms with Gasteiger partial charge in [0.25, 0.3) is 0 Å². The molecule has 3 rings (SSSR count). The van der Waals surface area contributed by atoms with Crippen LogP contribution in [0.1, 0.15) is 50.2 Å². The average Bonchev–Trinajstić information content (AvgIpc) is 3.31. The van der Waals surface area contributed by atoms with Crippen LogP contribution in [0.2, 0.25) is 15.1 Å². The third kappa shape index (κ3) is 7.27. The van der Waals surface area contributed by atoms with Gasteiger partial charge >= 0.3 is 0 Å². The van der Waals surface area contributed by atoms with E-state index in [1.165, 1.54) is 17.8 Å². The first-order valence-corrected chi connectivity index (χ1v) is 13.6. The van der Waals surface area contributed by atoms with Crippen LogP contribution < -0.4 is 5.32 Å². The minimum absolute atomic E-state index is 0.0825. The zero-order chi connectivity index (χ0) is 24.7. The Morgan fingerprint density at radius 3 is 2.50 bits per heavy atom. The number of carbonyl (C=O) groups is 2. The molecular formula is C25H28Cl3FN2O2S. The Hall–Kier alpha value is -1.47. The van der Waals surface area contributed by atoms with Crippen LogP contribution in [0.3, 0.4) is 0 Å². The fraction of sp³-hybridized carbons (Fsp3) is 0.440. The molecule has 0 heterocycles. The van der Waals surface area contributed by atoms with E-state index in [1.54, 1.807) is 35.2 Å². The fourth-order valence-corrected chi connectivity index (χ4v) is 5.69. The van der Waals surface area contributed by atoms with Gasteiger partial charge in [0.2, 0.25) is 11.8 Å². The second-order valence-electron chi connectivity index (χ2n) is 8.38. The van der Waals surface area contributed by atoms with E-state index in [0.29, 0.717) is 27.1 Å². The SMILES string of the molecule is CC[C@H](C(=O)NC1CCCC1)N(Cc1ccc(Cl)c(Cl)c1)C(=O)CSCc1c(F)cccc1Cl. The van der Waals surface area contributed by atoms with Crippen molar-refractivity contribution in [2.24, 2.45) is 0 Å². The van der Waals surface area contributed by atoms with E-state index in [1.807, 2.05) is 6.92 Å². The lowest BCUT2D eigenvalue weighted by molar-refractivity contribution is -0.139. The van der Waals surface area contributed by atoms with Crippen LogP contribution in [0.4, 0.5) is 4.39 Å². The van der Waals surface area contributed by atoms with Gasteiger partial charge in [-0.2, -0.15) is 0 Å². The van der Waals surface area contributed by atoms with E-state index in [0.717, 1.165) is 31.2 Å². The van der Waals surface area contributed by atoms with Crippen molar-refractivity contribution in [2.45, 2.75) is 63.4 Å². The fourth-order valence-electron chi connectivity index (χ4n) is 4.12. The maximum Gasteiger partial charge on any atom is 0.243 e. The molecule has 9 heteroatoms. The highest BCUT2D eigenvalue weighted by atomic mass is 35.5. The number of nitrogens with one attached hydrogen (secondary N) is 1. The van der Waals surface area contributed by atoms with Crippen LogP contribution in [0.25, 0.3) is 0 Å². The summed E-state index contributed by atoms with van der Waals surface area (Å²) >= 11 is 19.6. The third-order valence-corrected chi connectivity index (χ3v) is 8.00. The Bertz CT molecular complexity index is 997. The Morgan fingerprint density at radius 1 is 1.12 bits per heavy atom. The molecule has 1 atom stereocenters. The largest absolute Gasteiger partial charge is 0.352 e. The first kappa shape index (κ1) is 27.1. The maximum atomic E-state index is 14.1. The molecule has 0 aromatic heterocycles. The van der Waals surface area contributed by atoms with Crippen molar-refractivity contribution in [3.8, 4) is 0 Å². The molecule has 0 bridgehead atoms. The molecule has 0 aliphatic heterocycles. The standard InChI is InChI=1S/C25H28Cl3FN2O2S/c1-2-23(25(33)30-17-6-3-4-7-17)31(13-16-10-11-20(27)21(28)12-16)24(32)15-34-14-18-19(26)8-5-9-22(18)29/h5,8-12,17,23H,2-4,6-7,13-15H2,1H3,(H,30,33)/t23-/m1/s1. The molecular weight excluding hydrogens is 518 g/mol. The van der Waals surface area contributed by atoms with Crippen molar-refractivity contribution in [3.63, 3.8) is 0 Å². The highest BCUT2D eigenvalue weighted by Crippen LogP contribution is 2.27. The van der Waals surface area contributed by atoms with Gasteiger partial charge in [-0.3, -0.25) is 9.59 Å². The van der Waals surface area contributed by atoms with Crippen LogP contribution in [0.5, 0.6) is 0 Å². The number of hydrogen-bond donors (Lipinski definition) is 1. The lowest BCUT2D eigenvalue weighted by Crippen LogP contribution is -2.51. The van der Waals surface area contributed by atoms with Crippen molar-refractivity contribution in [1.82, 2.24) is 10.2 Å². The third-order valence-electron chi connectivity index (χ3n) is 5.96. The molecule has 0 radical (unpaired) electrons. The molecule has 4 nitrogen and oxygen atoms in total. The van der Waals surface area contributed by atoms with Crippen molar-refractivity contribution < 1.29 is 14.0 Å². The smallest absolute Gasteiger partial charge is 0.243 e. The maximum absolute atomic E-state index is 14.1. The molecule has 1 fully saturated rings. The Labute approximate surface area is 219 Å². The summed E-state index contributed by atoms with van der Waals surface area (Å²) in [6.07, 6.45) is 4.59. The molecule has 1 aliphatic carbocycles. The van der Waals surface area contributed by atoms with Gasteiger partial charge in [0.05, 0.1) is 15.8 Å². The topological polar surface area (TPSA) is 49.4 Å². The van der Waals surface area contributed by atoms with Gasteiger partial charge in [-0.1, -0.05) is 66.7 Å². The van der Waals surface area contributed by atoms with Crippen LogP contribution in [-0.4, -0.2) is 34.6 Å². The van der Waals surface area contributed by atoms with Crippen molar-refractivity contribution >= 4 is 58.4 Å². The molecule has 2 aromatic carbocycles. The number of nitrogens with zero attached hydrogens (tertiary/aromatic N) is 1. The van der Waals surface area contributed by atoms with E-state index < -0.39 is 11.9 Å². The number of carbonyl (C=O) groups excluding carboxylic acids is 2. The van der Waals surface area contributed by atoms with E-state index in [9.17, 15) is 14.0 Å². The number of amides is 2. The van der Waals surface area contributed by atoms with Crippen molar-refractivity contribution in [2.75, 3.05) is 5.75 Å². The molecule has 1 aliphatic rings. The summed E-state index contributed by atoms with van der Waals surface area (Å²) in [4.78, 5) is 28.1. The summed E-state index contributed by atoms with van der Waals surface area (Å²) < 4.78 is 14.1. The highest BCUT2D eigenvalue weighted by molar-refractivity contribution is 7.99. The van der Waals surface area contributed by atoms with E-state index in [2.05, 4.69) is 5.32 Å². The van der Waals surface area contributed by atoms with Gasteiger partial charge in [0, 0.05) is 28.9 Å². The van der Waals surface area contributed by atoms with Gasteiger partial charge in [-0.25, -0.2) is 4.39 Å². The molecule has 1 N–H and O–H groups in total. The van der Waals surface area contributed by atoms with Crippen LogP contribution in [0, 0.1) is 5.82 Å². The van der Waals surface area contributed by atoms with Gasteiger partial charge in [0.1, 0.15) is 11.9 Å². The quantitative estimate of drug-likeness (QED) is 0.354. The highest BCUT2D eigenvalue weighted by Gasteiger charge is 2.30. The molecule has 1 saturated carbocycles. The number of hydrogen-bond acceptors (Lipinski definition) is 3. The van der Waals surface area contributed by atoms with Crippen LogP contribution in [0.15, 0.2) is 36.4 Å². The summed E-state index contributed by atoms with van der Waals surface area (Å²) in [7, 11) is 0. The Morgan fingerprint density at radius 2 is 1.85 bits per heavy atom. The summed E-state index contributed by atoms with van der Waals surface area (Å²) in [5.41, 5.74) is 1.14. The van der Waals surface area contributed by atoms with E-state index >= 15 is 0 Å². The predicted octanol–water partition coefficient (Wildman–Crippen LogP) is 6.89. The molecule has 34 heavy (non-hydrogen) atoms. The van der Waals surface area contributed by atoms with Gasteiger partial charge < -0.3 is 10.2 Å². The van der Waals surface area contributed by atoms with Crippen molar-refractivity contribution in [1.29, 1.82) is 0 Å². The predicted molar refractivity (Wildman–Crippen MR) is 139 cm³/mol. The second kappa shape index (κ2) is 13.0. The molecule has 0 saturated heterocycles. The summed E-state index contributed by atoms with van der Waals surface area (Å²) in [6.45, 7) is 2.10. The Kier molecular flexibility index (Phi) is 10.4. The summed E-state index contributed by atoms with van der Waals surface area (Å²) in [5.74, 6) is -0.424. The molecule has 2 aromatic rings. The number of halogens is 4. The molecule has 0 unspecified atom stereocenters. The average molecular weight is 546 g/mol. The molecule has 184 valence electrons. The normalized spacial score (nSPS) is 14.7. The Balaban J connectivity index is 1.75. The monoisotopic (exact) mass is 544 g/mol. The van der Waals surface area contributed by atoms with Crippen LogP contribution in [-0.2, 0) is 21.9 Å². The van der Waals surface area contributed by atoms with E-state index in [-0.39, 0.29) is 35.9 Å². The molecule has 2 amide bonds.